The topological polar surface area (TPSA) is 64.6 Å². The number of rotatable bonds is 14. The molecule has 0 spiro atoms. The zero-order valence-electron chi connectivity index (χ0n) is 40.7. The molecule has 67 heavy (non-hydrogen) atoms. The Hall–Kier alpha value is -3.30. The third kappa shape index (κ3) is 13.3. The van der Waals surface area contributed by atoms with Crippen LogP contribution in [0.25, 0.3) is 11.1 Å². The van der Waals surface area contributed by atoms with Gasteiger partial charge >= 0.3 is 17.2 Å². The molecule has 0 aromatic heterocycles. The summed E-state index contributed by atoms with van der Waals surface area (Å²) in [6, 6.07) is 35.1. The molecule has 0 bridgehead atoms. The third-order valence-corrected chi connectivity index (χ3v) is 15.2. The molecule has 13 heteroatoms. The van der Waals surface area contributed by atoms with Gasteiger partial charge in [-0.15, -0.1) is 0 Å². The van der Waals surface area contributed by atoms with Crippen LogP contribution in [0.1, 0.15) is 111 Å². The first-order valence-corrected chi connectivity index (χ1v) is 27.3. The van der Waals surface area contributed by atoms with Gasteiger partial charge in [0.1, 0.15) is 45.8 Å². The minimum atomic E-state index is -2.21. The lowest BCUT2D eigenvalue weighted by atomic mass is 9.74. The SMILES string of the molecule is Cc1c(OC(C)(C)C)cc(C(C)(C)C)c(OP(Oc2ccccc2Br)Oc2ccccc2Br)c1-c1c(C)c(C(C)(C)C)cc(C(C)(C)C)c1OP(Oc1ccccc1Br)Oc1ccccc1Br. The van der Waals surface area contributed by atoms with Gasteiger partial charge in [0, 0.05) is 27.8 Å². The van der Waals surface area contributed by atoms with E-state index in [0.29, 0.717) is 40.2 Å². The number of para-hydroxylation sites is 4. The van der Waals surface area contributed by atoms with Gasteiger partial charge in [-0.2, -0.15) is 0 Å². The molecule has 0 aliphatic rings. The van der Waals surface area contributed by atoms with Crippen molar-refractivity contribution >= 4 is 80.9 Å². The average molecular weight is 1200 g/mol. The number of benzene rings is 6. The van der Waals surface area contributed by atoms with Crippen LogP contribution in [0.2, 0.25) is 0 Å². The van der Waals surface area contributed by atoms with Crippen molar-refractivity contribution in [2.45, 2.75) is 119 Å². The van der Waals surface area contributed by atoms with Crippen molar-refractivity contribution in [1.29, 1.82) is 0 Å². The predicted molar refractivity (Wildman–Crippen MR) is 292 cm³/mol. The summed E-state index contributed by atoms with van der Waals surface area (Å²) in [6.07, 6.45) is 0. The zero-order chi connectivity index (χ0) is 49.2. The van der Waals surface area contributed by atoms with Gasteiger partial charge in [-0.05, 0) is 180 Å². The van der Waals surface area contributed by atoms with Crippen molar-refractivity contribution in [1.82, 2.24) is 0 Å². The molecule has 0 saturated carbocycles. The van der Waals surface area contributed by atoms with Crippen LogP contribution >= 0.6 is 80.9 Å². The van der Waals surface area contributed by atoms with Crippen molar-refractivity contribution in [3.63, 3.8) is 0 Å². The van der Waals surface area contributed by atoms with Gasteiger partial charge in [0.15, 0.2) is 0 Å². The van der Waals surface area contributed by atoms with Crippen LogP contribution < -0.4 is 31.9 Å². The number of ether oxygens (including phenoxy) is 1. The Morgan fingerprint density at radius 1 is 0.358 bits per heavy atom. The van der Waals surface area contributed by atoms with E-state index in [1.807, 2.05) is 97.1 Å². The maximum Gasteiger partial charge on any atom is 0.530 e. The lowest BCUT2D eigenvalue weighted by Gasteiger charge is -2.35. The Morgan fingerprint density at radius 3 is 0.955 bits per heavy atom. The summed E-state index contributed by atoms with van der Waals surface area (Å²) in [7, 11) is -4.41. The Kier molecular flexibility index (Phi) is 16.9. The first kappa shape index (κ1) is 53.1. The second kappa shape index (κ2) is 21.4. The predicted octanol–water partition coefficient (Wildman–Crippen LogP) is 19.6. The summed E-state index contributed by atoms with van der Waals surface area (Å²) < 4.78 is 52.0. The highest BCUT2D eigenvalue weighted by Gasteiger charge is 2.38. The summed E-state index contributed by atoms with van der Waals surface area (Å²) in [4.78, 5) is 0. The molecule has 0 fully saturated rings. The van der Waals surface area contributed by atoms with E-state index in [4.69, 9.17) is 31.9 Å². The monoisotopic (exact) mass is 1200 g/mol. The van der Waals surface area contributed by atoms with Crippen molar-refractivity contribution in [2.24, 2.45) is 0 Å². The summed E-state index contributed by atoms with van der Waals surface area (Å²) in [5.41, 5.74) is 4.63. The Balaban J connectivity index is 1.76. The maximum absolute atomic E-state index is 7.44. The zero-order valence-corrected chi connectivity index (χ0v) is 48.8. The first-order chi connectivity index (χ1) is 31.2. The smallest absolute Gasteiger partial charge is 0.488 e. The normalized spacial score (nSPS) is 12.3. The van der Waals surface area contributed by atoms with Crippen LogP contribution in [-0.2, 0) is 16.2 Å². The molecular weight excluding hydrogens is 1140 g/mol. The van der Waals surface area contributed by atoms with E-state index in [2.05, 4.69) is 173 Å². The molecule has 6 aromatic rings. The van der Waals surface area contributed by atoms with Gasteiger partial charge < -0.3 is 31.9 Å². The molecule has 0 unspecified atom stereocenters. The standard InChI is InChI=1S/C54H60Br4O7P2/c1-33-35(51(3,4)5)31-36(52(6,7)8)49(64-66(60-42-27-19-15-23-38(42)55)61-43-28-20-16-24-39(43)56)47(33)48-34(2)46(59-54(12,13)14)32-37(53(9,10)11)50(48)65-67(62-44-29-21-17-25-40(44)57)63-45-30-22-18-26-41(45)58/h15-32H,1-14H3. The van der Waals surface area contributed by atoms with Gasteiger partial charge in [-0.25, -0.2) is 0 Å². The fourth-order valence-electron chi connectivity index (χ4n) is 7.27. The molecule has 6 rings (SSSR count). The molecule has 0 aliphatic carbocycles. The Morgan fingerprint density at radius 2 is 0.657 bits per heavy atom. The number of hydrogen-bond donors (Lipinski definition) is 0. The third-order valence-electron chi connectivity index (χ3n) is 10.5. The van der Waals surface area contributed by atoms with E-state index >= 15 is 0 Å². The van der Waals surface area contributed by atoms with Crippen LogP contribution in [0.15, 0.2) is 127 Å². The molecule has 0 heterocycles. The van der Waals surface area contributed by atoms with Gasteiger partial charge in [0.05, 0.1) is 17.9 Å². The van der Waals surface area contributed by atoms with Crippen molar-refractivity contribution in [3.05, 3.63) is 155 Å². The molecule has 0 atom stereocenters. The maximum atomic E-state index is 7.44. The van der Waals surface area contributed by atoms with Gasteiger partial charge in [-0.3, -0.25) is 0 Å². The van der Waals surface area contributed by atoms with Crippen LogP contribution in [0.3, 0.4) is 0 Å². The van der Waals surface area contributed by atoms with E-state index in [1.54, 1.807) is 0 Å². The minimum Gasteiger partial charge on any atom is -0.488 e. The van der Waals surface area contributed by atoms with Gasteiger partial charge in [0.2, 0.25) is 0 Å². The fourth-order valence-corrected chi connectivity index (χ4v) is 11.4. The van der Waals surface area contributed by atoms with Crippen LogP contribution in [0, 0.1) is 13.8 Å². The van der Waals surface area contributed by atoms with Crippen LogP contribution in [0.5, 0.6) is 40.2 Å². The molecule has 0 amide bonds. The van der Waals surface area contributed by atoms with Crippen molar-refractivity contribution in [2.75, 3.05) is 0 Å². The summed E-state index contributed by atoms with van der Waals surface area (Å²) in [5, 5.41) is 0. The quantitative estimate of drug-likeness (QED) is 0.101. The molecule has 356 valence electrons. The van der Waals surface area contributed by atoms with Crippen molar-refractivity contribution < 1.29 is 31.9 Å². The molecule has 0 saturated heterocycles. The van der Waals surface area contributed by atoms with Gasteiger partial charge in [0.25, 0.3) is 0 Å². The summed E-state index contributed by atoms with van der Waals surface area (Å²) in [5.74, 6) is 4.13. The van der Waals surface area contributed by atoms with E-state index in [-0.39, 0.29) is 5.41 Å². The van der Waals surface area contributed by atoms with Gasteiger partial charge in [-0.1, -0.05) is 117 Å². The largest absolute Gasteiger partial charge is 0.530 e. The molecule has 0 radical (unpaired) electrons. The van der Waals surface area contributed by atoms with Crippen LogP contribution in [-0.4, -0.2) is 5.60 Å². The molecule has 0 N–H and O–H groups in total. The second-order valence-electron chi connectivity index (χ2n) is 20.2. The highest BCUT2D eigenvalue weighted by atomic mass is 79.9. The molecular formula is C54H60Br4O7P2. The summed E-state index contributed by atoms with van der Waals surface area (Å²) in [6.45, 7) is 30.3. The highest BCUT2D eigenvalue weighted by molar-refractivity contribution is 9.11. The molecule has 0 aliphatic heterocycles. The van der Waals surface area contributed by atoms with Crippen molar-refractivity contribution in [3.8, 4) is 51.4 Å². The van der Waals surface area contributed by atoms with E-state index in [0.717, 1.165) is 56.8 Å². The van der Waals surface area contributed by atoms with Crippen LogP contribution in [0.4, 0.5) is 0 Å². The number of hydrogen-bond acceptors (Lipinski definition) is 7. The number of halogens is 4. The lowest BCUT2D eigenvalue weighted by molar-refractivity contribution is 0.129. The highest BCUT2D eigenvalue weighted by Crippen LogP contribution is 2.59. The first-order valence-electron chi connectivity index (χ1n) is 21.9. The minimum absolute atomic E-state index is 0.293. The Labute approximate surface area is 434 Å². The van der Waals surface area contributed by atoms with E-state index < -0.39 is 33.6 Å². The Bertz CT molecular complexity index is 2620. The second-order valence-corrected chi connectivity index (χ2v) is 25.6. The van der Waals surface area contributed by atoms with E-state index in [1.165, 1.54) is 0 Å². The fraction of sp³-hybridized carbons (Fsp3) is 0.333. The summed E-state index contributed by atoms with van der Waals surface area (Å²) >= 11 is 14.9. The average Bonchev–Trinajstić information content (AvgIpc) is 3.21. The molecule has 7 nitrogen and oxygen atoms in total. The lowest BCUT2D eigenvalue weighted by Crippen LogP contribution is -2.25. The van der Waals surface area contributed by atoms with E-state index in [9.17, 15) is 0 Å². The molecule has 6 aromatic carbocycles.